The van der Waals surface area contributed by atoms with Crippen molar-refractivity contribution in [1.29, 1.82) is 0 Å². The van der Waals surface area contributed by atoms with Crippen LogP contribution in [0, 0.1) is 12.3 Å². The van der Waals surface area contributed by atoms with Gasteiger partial charge in [0.1, 0.15) is 0 Å². The van der Waals surface area contributed by atoms with E-state index in [1.807, 2.05) is 6.92 Å². The molecule has 0 aliphatic heterocycles. The maximum absolute atomic E-state index is 11.3. The van der Waals surface area contributed by atoms with Crippen LogP contribution in [-0.4, -0.2) is 17.5 Å². The number of hydrogen-bond donors (Lipinski definition) is 2. The van der Waals surface area contributed by atoms with E-state index in [9.17, 15) is 4.79 Å². The lowest BCUT2D eigenvalue weighted by Crippen LogP contribution is -2.46. The summed E-state index contributed by atoms with van der Waals surface area (Å²) in [5.74, 6) is 2.39. The quantitative estimate of drug-likeness (QED) is 0.580. The average molecular weight is 166 g/mol. The highest BCUT2D eigenvalue weighted by Crippen LogP contribution is 2.32. The fourth-order valence-corrected chi connectivity index (χ4v) is 0.925. The number of amides is 1. The van der Waals surface area contributed by atoms with Crippen LogP contribution < -0.4 is 11.1 Å². The Bertz CT molecular complexity index is 225. The van der Waals surface area contributed by atoms with E-state index < -0.39 is 5.54 Å². The number of terminal acetylenes is 1. The molecule has 12 heavy (non-hydrogen) atoms. The molecule has 3 heteroatoms. The Kier molecular flexibility index (Phi) is 2.39. The van der Waals surface area contributed by atoms with Gasteiger partial charge in [0, 0.05) is 0 Å². The lowest BCUT2D eigenvalue weighted by atomic mass is 10.2. The standard InChI is InChI=1S/C9H14N2O/c1-3-7(4-2)11-8(12)9(10)5-6-9/h1,7H,4-6,10H2,2H3,(H,11,12). The summed E-state index contributed by atoms with van der Waals surface area (Å²) in [6, 6.07) is -0.168. The van der Waals surface area contributed by atoms with Crippen LogP contribution in [0.15, 0.2) is 0 Å². The van der Waals surface area contributed by atoms with Gasteiger partial charge in [-0.05, 0) is 19.3 Å². The van der Waals surface area contributed by atoms with Crippen LogP contribution in [0.3, 0.4) is 0 Å². The molecule has 0 spiro atoms. The van der Waals surface area contributed by atoms with Gasteiger partial charge in [0.2, 0.25) is 5.91 Å². The molecular weight excluding hydrogens is 152 g/mol. The molecule has 1 fully saturated rings. The molecule has 3 nitrogen and oxygen atoms in total. The summed E-state index contributed by atoms with van der Waals surface area (Å²) in [7, 11) is 0. The van der Waals surface area contributed by atoms with Crippen LogP contribution >= 0.6 is 0 Å². The van der Waals surface area contributed by atoms with Gasteiger partial charge in [0.15, 0.2) is 0 Å². The average Bonchev–Trinajstić information content (AvgIpc) is 2.80. The Morgan fingerprint density at radius 3 is 2.75 bits per heavy atom. The number of nitrogens with one attached hydrogen (secondary N) is 1. The Hall–Kier alpha value is -1.01. The maximum atomic E-state index is 11.3. The van der Waals surface area contributed by atoms with Crippen LogP contribution in [0.2, 0.25) is 0 Å². The van der Waals surface area contributed by atoms with E-state index in [2.05, 4.69) is 11.2 Å². The van der Waals surface area contributed by atoms with Crippen molar-refractivity contribution < 1.29 is 4.79 Å². The summed E-state index contributed by atoms with van der Waals surface area (Å²) in [5, 5.41) is 2.72. The van der Waals surface area contributed by atoms with Gasteiger partial charge in [-0.2, -0.15) is 0 Å². The summed E-state index contributed by atoms with van der Waals surface area (Å²) in [5.41, 5.74) is 5.06. The van der Waals surface area contributed by atoms with Gasteiger partial charge >= 0.3 is 0 Å². The topological polar surface area (TPSA) is 55.1 Å². The number of carbonyl (C=O) groups excluding carboxylic acids is 1. The Morgan fingerprint density at radius 2 is 2.42 bits per heavy atom. The molecule has 1 rings (SSSR count). The number of nitrogens with two attached hydrogens (primary N) is 1. The predicted octanol–water partition coefficient (Wildman–Crippen LogP) is 0.00570. The Morgan fingerprint density at radius 1 is 1.83 bits per heavy atom. The van der Waals surface area contributed by atoms with Gasteiger partial charge in [0.25, 0.3) is 0 Å². The van der Waals surface area contributed by atoms with Gasteiger partial charge in [-0.15, -0.1) is 6.42 Å². The van der Waals surface area contributed by atoms with Crippen LogP contribution in [0.25, 0.3) is 0 Å². The third-order valence-corrected chi connectivity index (χ3v) is 2.16. The molecule has 0 bridgehead atoms. The first-order valence-corrected chi connectivity index (χ1v) is 4.18. The van der Waals surface area contributed by atoms with E-state index >= 15 is 0 Å². The summed E-state index contributed by atoms with van der Waals surface area (Å²) < 4.78 is 0. The number of rotatable bonds is 3. The summed E-state index contributed by atoms with van der Waals surface area (Å²) in [6.07, 6.45) is 7.49. The minimum Gasteiger partial charge on any atom is -0.341 e. The molecule has 1 amide bonds. The number of carbonyl (C=O) groups is 1. The van der Waals surface area contributed by atoms with E-state index in [-0.39, 0.29) is 11.9 Å². The molecule has 0 aromatic rings. The van der Waals surface area contributed by atoms with Crippen molar-refractivity contribution in [2.24, 2.45) is 5.73 Å². The van der Waals surface area contributed by atoms with E-state index in [4.69, 9.17) is 12.2 Å². The zero-order chi connectivity index (χ0) is 9.19. The molecule has 0 heterocycles. The molecular formula is C9H14N2O. The monoisotopic (exact) mass is 166 g/mol. The van der Waals surface area contributed by atoms with Crippen molar-refractivity contribution in [1.82, 2.24) is 5.32 Å². The molecule has 3 N–H and O–H groups in total. The molecule has 0 aromatic heterocycles. The zero-order valence-corrected chi connectivity index (χ0v) is 7.26. The minimum absolute atomic E-state index is 0.104. The third-order valence-electron chi connectivity index (χ3n) is 2.16. The largest absolute Gasteiger partial charge is 0.341 e. The molecule has 1 atom stereocenters. The highest BCUT2D eigenvalue weighted by molar-refractivity contribution is 5.89. The first-order chi connectivity index (χ1) is 5.62. The van der Waals surface area contributed by atoms with Gasteiger partial charge in [0.05, 0.1) is 11.6 Å². The van der Waals surface area contributed by atoms with Crippen LogP contribution in [0.4, 0.5) is 0 Å². The minimum atomic E-state index is -0.607. The van der Waals surface area contributed by atoms with Crippen molar-refractivity contribution in [2.75, 3.05) is 0 Å². The lowest BCUT2D eigenvalue weighted by Gasteiger charge is -2.14. The zero-order valence-electron chi connectivity index (χ0n) is 7.26. The highest BCUT2D eigenvalue weighted by atomic mass is 16.2. The highest BCUT2D eigenvalue weighted by Gasteiger charge is 2.46. The SMILES string of the molecule is C#CC(CC)NC(=O)C1(N)CC1. The molecule has 1 saturated carbocycles. The fraction of sp³-hybridized carbons (Fsp3) is 0.667. The molecule has 1 aliphatic rings. The molecule has 0 saturated heterocycles. The second-order valence-electron chi connectivity index (χ2n) is 3.26. The smallest absolute Gasteiger partial charge is 0.241 e. The van der Waals surface area contributed by atoms with Gasteiger partial charge in [-0.1, -0.05) is 12.8 Å². The summed E-state index contributed by atoms with van der Waals surface area (Å²) in [6.45, 7) is 1.93. The first-order valence-electron chi connectivity index (χ1n) is 4.18. The van der Waals surface area contributed by atoms with Crippen LogP contribution in [0.5, 0.6) is 0 Å². The Labute approximate surface area is 72.7 Å². The molecule has 1 unspecified atom stereocenters. The van der Waals surface area contributed by atoms with E-state index in [0.717, 1.165) is 19.3 Å². The first kappa shape index (κ1) is 9.08. The molecule has 1 aliphatic carbocycles. The second kappa shape index (κ2) is 3.16. The second-order valence-corrected chi connectivity index (χ2v) is 3.26. The van der Waals surface area contributed by atoms with Crippen molar-refractivity contribution in [3.8, 4) is 12.3 Å². The molecule has 0 radical (unpaired) electrons. The van der Waals surface area contributed by atoms with E-state index in [1.54, 1.807) is 0 Å². The predicted molar refractivity (Wildman–Crippen MR) is 47.2 cm³/mol. The van der Waals surface area contributed by atoms with E-state index in [1.165, 1.54) is 0 Å². The van der Waals surface area contributed by atoms with Crippen molar-refractivity contribution in [3.63, 3.8) is 0 Å². The molecule has 66 valence electrons. The van der Waals surface area contributed by atoms with Gasteiger partial charge in [-0.25, -0.2) is 0 Å². The van der Waals surface area contributed by atoms with Crippen molar-refractivity contribution in [2.45, 2.75) is 37.8 Å². The third kappa shape index (κ3) is 1.77. The lowest BCUT2D eigenvalue weighted by molar-refractivity contribution is -0.123. The van der Waals surface area contributed by atoms with E-state index in [0.29, 0.717) is 0 Å². The van der Waals surface area contributed by atoms with Crippen molar-refractivity contribution >= 4 is 5.91 Å². The number of hydrogen-bond acceptors (Lipinski definition) is 2. The maximum Gasteiger partial charge on any atom is 0.241 e. The van der Waals surface area contributed by atoms with Gasteiger partial charge < -0.3 is 11.1 Å². The molecule has 0 aromatic carbocycles. The summed E-state index contributed by atoms with van der Waals surface area (Å²) in [4.78, 5) is 11.3. The van der Waals surface area contributed by atoms with Crippen molar-refractivity contribution in [3.05, 3.63) is 0 Å². The fourth-order valence-electron chi connectivity index (χ4n) is 0.925. The Balaban J connectivity index is 2.41. The summed E-state index contributed by atoms with van der Waals surface area (Å²) >= 11 is 0. The van der Waals surface area contributed by atoms with Crippen LogP contribution in [0.1, 0.15) is 26.2 Å². The van der Waals surface area contributed by atoms with Crippen LogP contribution in [-0.2, 0) is 4.79 Å². The normalized spacial score (nSPS) is 20.8. The van der Waals surface area contributed by atoms with Gasteiger partial charge in [-0.3, -0.25) is 4.79 Å².